The van der Waals surface area contributed by atoms with E-state index in [1.54, 1.807) is 4.90 Å². The minimum Gasteiger partial charge on any atom is -0.494 e. The van der Waals surface area contributed by atoms with Crippen molar-refractivity contribution in [3.8, 4) is 5.75 Å². The second kappa shape index (κ2) is 15.7. The minimum absolute atomic E-state index is 0.143. The van der Waals surface area contributed by atoms with Crippen molar-refractivity contribution >= 4 is 32.8 Å². The van der Waals surface area contributed by atoms with Crippen LogP contribution in [0, 0.1) is 0 Å². The third kappa shape index (κ3) is 9.80. The Morgan fingerprint density at radius 2 is 1.58 bits per heavy atom. The van der Waals surface area contributed by atoms with Crippen molar-refractivity contribution in [3.05, 3.63) is 113 Å². The lowest BCUT2D eigenvalue weighted by Crippen LogP contribution is -2.48. The molecule has 0 aliphatic carbocycles. The number of halogens is 1. The molecule has 238 valence electrons. The summed E-state index contributed by atoms with van der Waals surface area (Å²) in [7, 11) is 0. The van der Waals surface area contributed by atoms with E-state index in [1.165, 1.54) is 27.5 Å². The number of ether oxygens (including phenoxy) is 4. The summed E-state index contributed by atoms with van der Waals surface area (Å²) in [6, 6.07) is 31.5. The van der Waals surface area contributed by atoms with Crippen molar-refractivity contribution in [2.75, 3.05) is 26.3 Å². The molecule has 6 nitrogen and oxygen atoms in total. The summed E-state index contributed by atoms with van der Waals surface area (Å²) < 4.78 is 24.1. The molecule has 0 radical (unpaired) electrons. The lowest BCUT2D eigenvalue weighted by molar-refractivity contribution is -0.0359. The maximum absolute atomic E-state index is 13.0. The first-order valence-electron chi connectivity index (χ1n) is 15.8. The van der Waals surface area contributed by atoms with E-state index in [4.69, 9.17) is 18.9 Å². The number of amides is 1. The fourth-order valence-corrected chi connectivity index (χ4v) is 5.96. The van der Waals surface area contributed by atoms with Gasteiger partial charge in [0.05, 0.1) is 39.1 Å². The molecule has 1 amide bonds. The molecule has 2 unspecified atom stereocenters. The van der Waals surface area contributed by atoms with E-state index in [9.17, 15) is 4.79 Å². The van der Waals surface area contributed by atoms with Gasteiger partial charge in [0.1, 0.15) is 11.4 Å². The van der Waals surface area contributed by atoms with Crippen LogP contribution in [0.15, 0.2) is 91.0 Å². The Morgan fingerprint density at radius 1 is 0.844 bits per heavy atom. The highest BCUT2D eigenvalue weighted by Crippen LogP contribution is 2.33. The average Bonchev–Trinajstić information content (AvgIpc) is 3.05. The number of rotatable bonds is 12. The molecule has 0 N–H and O–H groups in total. The number of carbonyl (C=O) groups is 1. The summed E-state index contributed by atoms with van der Waals surface area (Å²) in [5, 5.41) is 3.22. The average molecular weight is 675 g/mol. The molecular weight excluding hydrogens is 630 g/mol. The summed E-state index contributed by atoms with van der Waals surface area (Å²) in [6.45, 7) is 9.10. The molecular formula is C38H44BrNO5. The number of likely N-dealkylation sites (tertiary alicyclic amines) is 1. The van der Waals surface area contributed by atoms with E-state index in [0.29, 0.717) is 39.5 Å². The third-order valence-electron chi connectivity index (χ3n) is 7.92. The van der Waals surface area contributed by atoms with Crippen LogP contribution in [0.4, 0.5) is 4.79 Å². The molecule has 0 saturated carbocycles. The van der Waals surface area contributed by atoms with Crippen molar-refractivity contribution in [2.45, 2.75) is 69.8 Å². The van der Waals surface area contributed by atoms with Crippen molar-refractivity contribution in [1.29, 1.82) is 0 Å². The van der Waals surface area contributed by atoms with Gasteiger partial charge in [0.15, 0.2) is 0 Å². The normalized spacial score (nSPS) is 16.9. The molecule has 4 aromatic rings. The number of carbonyl (C=O) groups excluding carboxylic acids is 1. The van der Waals surface area contributed by atoms with E-state index in [1.807, 2.05) is 51.1 Å². The van der Waals surface area contributed by atoms with Crippen molar-refractivity contribution in [2.24, 2.45) is 0 Å². The van der Waals surface area contributed by atoms with Gasteiger partial charge < -0.3 is 23.8 Å². The van der Waals surface area contributed by atoms with Gasteiger partial charge in [-0.1, -0.05) is 88.7 Å². The van der Waals surface area contributed by atoms with Gasteiger partial charge in [-0.3, -0.25) is 0 Å². The van der Waals surface area contributed by atoms with Crippen LogP contribution in [0.5, 0.6) is 5.75 Å². The van der Waals surface area contributed by atoms with E-state index in [2.05, 4.69) is 76.6 Å². The molecule has 1 heterocycles. The number of alkyl halides is 1. The largest absolute Gasteiger partial charge is 0.494 e. The van der Waals surface area contributed by atoms with Gasteiger partial charge in [-0.2, -0.15) is 0 Å². The smallest absolute Gasteiger partial charge is 0.410 e. The van der Waals surface area contributed by atoms with Crippen LogP contribution in [0.1, 0.15) is 61.8 Å². The van der Waals surface area contributed by atoms with Crippen molar-refractivity contribution in [1.82, 2.24) is 4.90 Å². The number of piperidine rings is 1. The molecule has 2 atom stereocenters. The minimum atomic E-state index is -0.548. The Labute approximate surface area is 275 Å². The van der Waals surface area contributed by atoms with Crippen molar-refractivity contribution in [3.63, 3.8) is 0 Å². The second-order valence-electron chi connectivity index (χ2n) is 12.6. The van der Waals surface area contributed by atoms with Crippen LogP contribution in [0.2, 0.25) is 0 Å². The Bertz CT molecular complexity index is 1520. The number of hydrogen-bond acceptors (Lipinski definition) is 5. The molecule has 5 rings (SSSR count). The number of hydrogen-bond donors (Lipinski definition) is 0. The maximum Gasteiger partial charge on any atom is 0.410 e. The zero-order valence-electron chi connectivity index (χ0n) is 26.5. The van der Waals surface area contributed by atoms with E-state index >= 15 is 0 Å². The van der Waals surface area contributed by atoms with Crippen LogP contribution in [-0.2, 0) is 32.8 Å². The van der Waals surface area contributed by atoms with Gasteiger partial charge in [-0.25, -0.2) is 4.79 Å². The monoisotopic (exact) mass is 673 g/mol. The zero-order valence-corrected chi connectivity index (χ0v) is 28.1. The fraction of sp³-hybridized carbons (Fsp3) is 0.395. The first kappa shape index (κ1) is 33.0. The lowest BCUT2D eigenvalue weighted by Gasteiger charge is -2.39. The molecule has 0 bridgehead atoms. The molecule has 1 aliphatic heterocycles. The molecule has 7 heteroatoms. The Hall–Kier alpha value is -3.39. The highest BCUT2D eigenvalue weighted by molar-refractivity contribution is 9.08. The van der Waals surface area contributed by atoms with Gasteiger partial charge >= 0.3 is 6.09 Å². The zero-order chi connectivity index (χ0) is 31.6. The Morgan fingerprint density at radius 3 is 2.31 bits per heavy atom. The Kier molecular flexibility index (Phi) is 11.5. The summed E-state index contributed by atoms with van der Waals surface area (Å²) in [5.41, 5.74) is 4.16. The first-order chi connectivity index (χ1) is 21.8. The van der Waals surface area contributed by atoms with Gasteiger partial charge in [0.2, 0.25) is 0 Å². The van der Waals surface area contributed by atoms with Gasteiger partial charge in [-0.15, -0.1) is 0 Å². The van der Waals surface area contributed by atoms with Crippen LogP contribution in [-0.4, -0.2) is 49.0 Å². The van der Waals surface area contributed by atoms with Crippen LogP contribution >= 0.6 is 15.9 Å². The SMILES string of the molecule is CC(C)(C)OC(=O)N1CCC(c2ccc(OCCCOCc3ccccc3)cc2)C(OCc2ccc3ccc(CBr)cc3c2)C1. The number of benzene rings is 4. The molecule has 1 fully saturated rings. The molecule has 45 heavy (non-hydrogen) atoms. The predicted octanol–water partition coefficient (Wildman–Crippen LogP) is 9.03. The van der Waals surface area contributed by atoms with E-state index in [0.717, 1.165) is 29.5 Å². The topological polar surface area (TPSA) is 57.2 Å². The first-order valence-corrected chi connectivity index (χ1v) is 16.9. The standard InChI is InChI=1S/C38H44BrNO5/c1-38(2,3)45-37(41)40-19-18-35(36(25-40)44-27-30-11-13-31-12-10-29(24-39)22-33(31)23-30)32-14-16-34(17-15-32)43-21-7-20-42-26-28-8-5-4-6-9-28/h4-6,8-17,22-23,35-36H,7,18-21,24-27H2,1-3H3. The van der Waals surface area contributed by atoms with Gasteiger partial charge in [0, 0.05) is 24.2 Å². The van der Waals surface area contributed by atoms with Gasteiger partial charge in [-0.05, 0) is 78.4 Å². The summed E-state index contributed by atoms with van der Waals surface area (Å²) in [6.07, 6.45) is 1.14. The molecule has 1 saturated heterocycles. The van der Waals surface area contributed by atoms with Crippen molar-refractivity contribution < 1.29 is 23.7 Å². The molecule has 0 spiro atoms. The maximum atomic E-state index is 13.0. The van der Waals surface area contributed by atoms with Gasteiger partial charge in [0.25, 0.3) is 0 Å². The lowest BCUT2D eigenvalue weighted by atomic mass is 9.87. The quantitative estimate of drug-likeness (QED) is 0.111. The van der Waals surface area contributed by atoms with Crippen LogP contribution < -0.4 is 4.74 Å². The third-order valence-corrected chi connectivity index (χ3v) is 8.57. The molecule has 4 aromatic carbocycles. The van der Waals surface area contributed by atoms with Crippen LogP contribution in [0.25, 0.3) is 10.8 Å². The number of fused-ring (bicyclic) bond motifs is 1. The van der Waals surface area contributed by atoms with E-state index < -0.39 is 5.60 Å². The summed E-state index contributed by atoms with van der Waals surface area (Å²) in [5.74, 6) is 0.981. The molecule has 1 aliphatic rings. The second-order valence-corrected chi connectivity index (χ2v) is 13.2. The molecule has 0 aromatic heterocycles. The van der Waals surface area contributed by atoms with Crippen LogP contribution in [0.3, 0.4) is 0 Å². The highest BCUT2D eigenvalue weighted by Gasteiger charge is 2.35. The summed E-state index contributed by atoms with van der Waals surface area (Å²) in [4.78, 5) is 14.8. The fourth-order valence-electron chi connectivity index (χ4n) is 5.61. The Balaban J connectivity index is 1.20. The summed E-state index contributed by atoms with van der Waals surface area (Å²) >= 11 is 3.56. The highest BCUT2D eigenvalue weighted by atomic mass is 79.9. The predicted molar refractivity (Wildman–Crippen MR) is 183 cm³/mol. The number of nitrogens with zero attached hydrogens (tertiary/aromatic N) is 1. The van der Waals surface area contributed by atoms with E-state index in [-0.39, 0.29) is 18.1 Å².